The number of pyridine rings is 1. The maximum atomic E-state index is 11.8. The number of carbonyl (C=O) groups is 1. The van der Waals surface area contributed by atoms with Gasteiger partial charge in [0.05, 0.1) is 21.2 Å². The highest BCUT2D eigenvalue weighted by molar-refractivity contribution is 9.10. The van der Waals surface area contributed by atoms with E-state index in [1.165, 1.54) is 12.3 Å². The van der Waals surface area contributed by atoms with Crippen molar-refractivity contribution in [3.05, 3.63) is 61.9 Å². The van der Waals surface area contributed by atoms with Crippen LogP contribution < -0.4 is 5.43 Å². The van der Waals surface area contributed by atoms with Gasteiger partial charge >= 0.3 is 0 Å². The molecule has 1 heterocycles. The second-order valence-electron chi connectivity index (χ2n) is 4.51. The van der Waals surface area contributed by atoms with E-state index in [1.54, 1.807) is 19.1 Å². The number of nitro groups is 1. The summed E-state index contributed by atoms with van der Waals surface area (Å²) in [6.45, 7) is 1.79. The van der Waals surface area contributed by atoms with Crippen molar-refractivity contribution in [1.29, 1.82) is 0 Å². The number of carbonyl (C=O) groups excluding carboxylic acids is 1. The Morgan fingerprint density at radius 3 is 2.83 bits per heavy atom. The first-order chi connectivity index (χ1) is 10.9. The van der Waals surface area contributed by atoms with E-state index in [2.05, 4.69) is 31.4 Å². The molecule has 2 aromatic rings. The molecule has 0 unspecified atom stereocenters. The number of aromatic nitrogens is 1. The van der Waals surface area contributed by atoms with E-state index < -0.39 is 10.8 Å². The van der Waals surface area contributed by atoms with E-state index in [1.807, 2.05) is 0 Å². The van der Waals surface area contributed by atoms with Crippen molar-refractivity contribution in [2.75, 3.05) is 0 Å². The number of hydrogen-bond acceptors (Lipinski definition) is 6. The van der Waals surface area contributed by atoms with E-state index in [0.717, 1.165) is 18.0 Å². The highest BCUT2D eigenvalue weighted by Crippen LogP contribution is 2.31. The zero-order valence-corrected chi connectivity index (χ0v) is 13.4. The molecule has 0 saturated carbocycles. The van der Waals surface area contributed by atoms with Crippen molar-refractivity contribution in [2.24, 2.45) is 5.10 Å². The normalized spacial score (nSPS) is 10.7. The molecule has 9 heteroatoms. The number of amides is 1. The van der Waals surface area contributed by atoms with Crippen LogP contribution in [-0.4, -0.2) is 27.1 Å². The minimum absolute atomic E-state index is 0.0911. The van der Waals surface area contributed by atoms with E-state index in [-0.39, 0.29) is 21.5 Å². The van der Waals surface area contributed by atoms with Crippen LogP contribution >= 0.6 is 15.9 Å². The fraction of sp³-hybridized carbons (Fsp3) is 0.0714. The van der Waals surface area contributed by atoms with Crippen LogP contribution in [0.2, 0.25) is 0 Å². The highest BCUT2D eigenvalue weighted by atomic mass is 79.9. The van der Waals surface area contributed by atoms with Gasteiger partial charge in [-0.25, -0.2) is 5.43 Å². The summed E-state index contributed by atoms with van der Waals surface area (Å²) >= 11 is 3.02. The number of hydrazone groups is 1. The van der Waals surface area contributed by atoms with Crippen molar-refractivity contribution < 1.29 is 14.8 Å². The summed E-state index contributed by atoms with van der Waals surface area (Å²) in [6, 6.07) is 5.59. The van der Waals surface area contributed by atoms with Crippen molar-refractivity contribution in [3.8, 4) is 5.75 Å². The third-order valence-electron chi connectivity index (χ3n) is 2.83. The van der Waals surface area contributed by atoms with Gasteiger partial charge in [-0.15, -0.1) is 0 Å². The molecule has 1 aromatic carbocycles. The topological polar surface area (TPSA) is 118 Å². The summed E-state index contributed by atoms with van der Waals surface area (Å²) in [5, 5.41) is 24.3. The van der Waals surface area contributed by atoms with Crippen LogP contribution in [0.3, 0.4) is 0 Å². The molecule has 0 aliphatic heterocycles. The number of nitrogens with one attached hydrogen (secondary N) is 1. The summed E-state index contributed by atoms with van der Waals surface area (Å²) in [5.41, 5.74) is 3.22. The Bertz CT molecular complexity index is 790. The Morgan fingerprint density at radius 2 is 2.22 bits per heavy atom. The van der Waals surface area contributed by atoms with Crippen LogP contribution in [0.5, 0.6) is 5.75 Å². The molecule has 1 amide bonds. The van der Waals surface area contributed by atoms with E-state index in [0.29, 0.717) is 5.56 Å². The maximum absolute atomic E-state index is 11.8. The molecule has 2 rings (SSSR count). The number of non-ortho nitro benzene ring substituents is 1. The first-order valence-corrected chi connectivity index (χ1v) is 7.10. The number of phenols is 1. The van der Waals surface area contributed by atoms with E-state index >= 15 is 0 Å². The van der Waals surface area contributed by atoms with Crippen LogP contribution in [-0.2, 0) is 0 Å². The first-order valence-electron chi connectivity index (χ1n) is 6.31. The lowest BCUT2D eigenvalue weighted by atomic mass is 10.2. The van der Waals surface area contributed by atoms with Gasteiger partial charge in [-0.1, -0.05) is 0 Å². The Labute approximate surface area is 139 Å². The summed E-state index contributed by atoms with van der Waals surface area (Å²) in [5.74, 6) is -0.705. The third kappa shape index (κ3) is 4.10. The van der Waals surface area contributed by atoms with Gasteiger partial charge in [-0.2, -0.15) is 5.10 Å². The van der Waals surface area contributed by atoms with Crippen LogP contribution in [0.1, 0.15) is 21.6 Å². The summed E-state index contributed by atoms with van der Waals surface area (Å²) in [6.07, 6.45) is 2.52. The molecule has 1 aromatic heterocycles. The van der Waals surface area contributed by atoms with Gasteiger partial charge in [0.2, 0.25) is 0 Å². The van der Waals surface area contributed by atoms with E-state index in [9.17, 15) is 20.0 Å². The molecule has 23 heavy (non-hydrogen) atoms. The molecular weight excluding hydrogens is 368 g/mol. The minimum atomic E-state index is -0.599. The van der Waals surface area contributed by atoms with Crippen LogP contribution in [0.4, 0.5) is 5.69 Å². The quantitative estimate of drug-likeness (QED) is 0.481. The highest BCUT2D eigenvalue weighted by Gasteiger charge is 2.13. The number of nitro benzene ring substituents is 1. The van der Waals surface area contributed by atoms with Gasteiger partial charge < -0.3 is 5.11 Å². The number of aromatic hydroxyl groups is 1. The largest absolute Gasteiger partial charge is 0.506 e. The van der Waals surface area contributed by atoms with Gasteiger partial charge in [0.15, 0.2) is 0 Å². The maximum Gasteiger partial charge on any atom is 0.272 e. The van der Waals surface area contributed by atoms with Gasteiger partial charge in [0.25, 0.3) is 11.6 Å². The van der Waals surface area contributed by atoms with Crippen molar-refractivity contribution in [1.82, 2.24) is 10.4 Å². The molecule has 0 fully saturated rings. The average molecular weight is 379 g/mol. The molecule has 118 valence electrons. The molecule has 0 atom stereocenters. The lowest BCUT2D eigenvalue weighted by Gasteiger charge is -2.03. The second-order valence-corrected chi connectivity index (χ2v) is 5.36. The van der Waals surface area contributed by atoms with Crippen molar-refractivity contribution >= 4 is 33.7 Å². The van der Waals surface area contributed by atoms with Crippen molar-refractivity contribution in [3.63, 3.8) is 0 Å². The Morgan fingerprint density at radius 1 is 1.48 bits per heavy atom. The SMILES string of the molecule is Cc1ccc(C(=O)N/N=C/c2cc([N+](=O)[O-])cc(Br)c2O)cn1. The van der Waals surface area contributed by atoms with Crippen LogP contribution in [0, 0.1) is 17.0 Å². The average Bonchev–Trinajstić information content (AvgIpc) is 2.51. The number of rotatable bonds is 4. The molecule has 8 nitrogen and oxygen atoms in total. The number of phenolic OH excluding ortho intramolecular Hbond substituents is 1. The Kier molecular flexibility index (Phi) is 5.02. The smallest absolute Gasteiger partial charge is 0.272 e. The monoisotopic (exact) mass is 378 g/mol. The Hall–Kier alpha value is -2.81. The minimum Gasteiger partial charge on any atom is -0.506 e. The second kappa shape index (κ2) is 6.97. The molecular formula is C14H11BrN4O4. The van der Waals surface area contributed by atoms with Gasteiger partial charge in [-0.05, 0) is 35.0 Å². The number of hydrogen-bond donors (Lipinski definition) is 2. The fourth-order valence-corrected chi connectivity index (χ4v) is 2.10. The molecule has 0 aliphatic carbocycles. The first kappa shape index (κ1) is 16.6. The van der Waals surface area contributed by atoms with Crippen LogP contribution in [0.15, 0.2) is 40.0 Å². The molecule has 2 N–H and O–H groups in total. The molecule has 0 spiro atoms. The fourth-order valence-electron chi connectivity index (χ4n) is 1.64. The standard InChI is InChI=1S/C14H11BrN4O4/c1-8-2-3-9(6-16-8)14(21)18-17-7-10-4-11(19(22)23)5-12(15)13(10)20/h2-7,20H,1H3,(H,18,21)/b17-7+. The van der Waals surface area contributed by atoms with Gasteiger partial charge in [0.1, 0.15) is 5.75 Å². The number of benzene rings is 1. The Balaban J connectivity index is 2.15. The molecule has 0 saturated heterocycles. The van der Waals surface area contributed by atoms with Gasteiger partial charge in [-0.3, -0.25) is 19.9 Å². The number of halogens is 1. The lowest BCUT2D eigenvalue weighted by molar-refractivity contribution is -0.385. The van der Waals surface area contributed by atoms with E-state index in [4.69, 9.17) is 0 Å². The molecule has 0 aliphatic rings. The number of nitrogens with zero attached hydrogens (tertiary/aromatic N) is 3. The predicted octanol–water partition coefficient (Wildman–Crippen LogP) is 2.53. The third-order valence-corrected chi connectivity index (χ3v) is 3.44. The van der Waals surface area contributed by atoms with Crippen molar-refractivity contribution in [2.45, 2.75) is 6.92 Å². The van der Waals surface area contributed by atoms with Crippen LogP contribution in [0.25, 0.3) is 0 Å². The summed E-state index contributed by atoms with van der Waals surface area (Å²) in [7, 11) is 0. The number of aryl methyl sites for hydroxylation is 1. The van der Waals surface area contributed by atoms with Gasteiger partial charge in [0, 0.05) is 29.6 Å². The summed E-state index contributed by atoms with van der Waals surface area (Å²) < 4.78 is 0.155. The zero-order chi connectivity index (χ0) is 17.0. The lowest BCUT2D eigenvalue weighted by Crippen LogP contribution is -2.17. The molecule has 0 radical (unpaired) electrons. The zero-order valence-electron chi connectivity index (χ0n) is 11.9. The summed E-state index contributed by atoms with van der Waals surface area (Å²) in [4.78, 5) is 26.0. The predicted molar refractivity (Wildman–Crippen MR) is 86.5 cm³/mol. The molecule has 0 bridgehead atoms.